The van der Waals surface area contributed by atoms with Crippen LogP contribution in [0.4, 0.5) is 5.69 Å². The van der Waals surface area contributed by atoms with Crippen molar-refractivity contribution >= 4 is 29.0 Å². The van der Waals surface area contributed by atoms with Gasteiger partial charge in [-0.1, -0.05) is 41.9 Å². The van der Waals surface area contributed by atoms with Gasteiger partial charge >= 0.3 is 5.97 Å². The molecule has 0 aliphatic heterocycles. The highest BCUT2D eigenvalue weighted by Crippen LogP contribution is 2.23. The van der Waals surface area contributed by atoms with Gasteiger partial charge in [0.05, 0.1) is 15.5 Å². The summed E-state index contributed by atoms with van der Waals surface area (Å²) in [6.07, 6.45) is -1.00. The number of carbonyl (C=O) groups is 2. The molecule has 0 bridgehead atoms. The lowest BCUT2D eigenvalue weighted by molar-refractivity contribution is -0.384. The maximum Gasteiger partial charge on any atom is 0.340 e. The Hall–Kier alpha value is -2.73. The summed E-state index contributed by atoms with van der Waals surface area (Å²) in [5, 5.41) is 10.5. The molecule has 0 aromatic heterocycles. The van der Waals surface area contributed by atoms with Crippen molar-refractivity contribution < 1.29 is 19.2 Å². The zero-order valence-electron chi connectivity index (χ0n) is 12.1. The van der Waals surface area contributed by atoms with Crippen LogP contribution < -0.4 is 0 Å². The number of nitrogens with zero attached hydrogens (tertiary/aromatic N) is 1. The van der Waals surface area contributed by atoms with E-state index in [9.17, 15) is 19.7 Å². The molecule has 0 unspecified atom stereocenters. The molecular formula is C16H12ClNO5. The number of carbonyl (C=O) groups excluding carboxylic acids is 2. The van der Waals surface area contributed by atoms with Crippen LogP contribution in [-0.2, 0) is 4.74 Å². The van der Waals surface area contributed by atoms with Crippen LogP contribution in [0.2, 0.25) is 5.02 Å². The summed E-state index contributed by atoms with van der Waals surface area (Å²) in [6.45, 7) is 1.45. The van der Waals surface area contributed by atoms with Crippen molar-refractivity contribution in [2.75, 3.05) is 0 Å². The smallest absolute Gasteiger partial charge is 0.340 e. The molecule has 1 atom stereocenters. The van der Waals surface area contributed by atoms with Crippen molar-refractivity contribution in [2.24, 2.45) is 0 Å². The Morgan fingerprint density at radius 1 is 1.17 bits per heavy atom. The summed E-state index contributed by atoms with van der Waals surface area (Å²) >= 11 is 5.86. The van der Waals surface area contributed by atoms with E-state index in [4.69, 9.17) is 16.3 Å². The Morgan fingerprint density at radius 3 is 2.39 bits per heavy atom. The molecule has 0 aliphatic rings. The van der Waals surface area contributed by atoms with Crippen molar-refractivity contribution in [3.05, 3.63) is 74.8 Å². The van der Waals surface area contributed by atoms with Gasteiger partial charge in [0.15, 0.2) is 6.10 Å². The first-order valence-electron chi connectivity index (χ1n) is 6.64. The first-order valence-corrected chi connectivity index (χ1v) is 7.02. The molecule has 23 heavy (non-hydrogen) atoms. The van der Waals surface area contributed by atoms with Gasteiger partial charge in [-0.25, -0.2) is 4.79 Å². The Bertz CT molecular complexity index is 760. The van der Waals surface area contributed by atoms with Crippen LogP contribution in [0.25, 0.3) is 0 Å². The molecule has 0 fully saturated rings. The summed E-state index contributed by atoms with van der Waals surface area (Å²) in [7, 11) is 0. The van der Waals surface area contributed by atoms with Gasteiger partial charge < -0.3 is 4.74 Å². The molecule has 2 aromatic carbocycles. The van der Waals surface area contributed by atoms with Crippen LogP contribution in [-0.4, -0.2) is 22.8 Å². The third-order valence-electron chi connectivity index (χ3n) is 3.09. The first-order chi connectivity index (χ1) is 10.9. The van der Waals surface area contributed by atoms with Gasteiger partial charge in [0.2, 0.25) is 5.78 Å². The van der Waals surface area contributed by atoms with Crippen LogP contribution >= 0.6 is 11.6 Å². The second kappa shape index (κ2) is 7.02. The SMILES string of the molecule is C[C@@H](OC(=O)c1ccc([N+](=O)[O-])cc1Cl)C(=O)c1ccccc1. The van der Waals surface area contributed by atoms with Crippen LogP contribution in [0, 0.1) is 10.1 Å². The fourth-order valence-electron chi connectivity index (χ4n) is 1.90. The van der Waals surface area contributed by atoms with E-state index in [1.54, 1.807) is 30.3 Å². The topological polar surface area (TPSA) is 86.5 Å². The van der Waals surface area contributed by atoms with E-state index in [2.05, 4.69) is 0 Å². The van der Waals surface area contributed by atoms with Crippen LogP contribution in [0.5, 0.6) is 0 Å². The predicted octanol–water partition coefficient (Wildman–Crippen LogP) is 3.68. The van der Waals surface area contributed by atoms with Gasteiger partial charge in [-0.05, 0) is 13.0 Å². The van der Waals surface area contributed by atoms with E-state index in [0.717, 1.165) is 12.1 Å². The maximum atomic E-state index is 12.1. The summed E-state index contributed by atoms with van der Waals surface area (Å²) in [5.74, 6) is -1.17. The van der Waals surface area contributed by atoms with Crippen molar-refractivity contribution in [3.63, 3.8) is 0 Å². The van der Waals surface area contributed by atoms with Crippen LogP contribution in [0.1, 0.15) is 27.6 Å². The number of rotatable bonds is 5. The van der Waals surface area contributed by atoms with Crippen molar-refractivity contribution in [3.8, 4) is 0 Å². The lowest BCUT2D eigenvalue weighted by atomic mass is 10.1. The number of hydrogen-bond acceptors (Lipinski definition) is 5. The van der Waals surface area contributed by atoms with Gasteiger partial charge in [0.1, 0.15) is 0 Å². The minimum atomic E-state index is -1.00. The number of Topliss-reactive ketones (excluding diaryl/α,β-unsaturated/α-hetero) is 1. The fraction of sp³-hybridized carbons (Fsp3) is 0.125. The van der Waals surface area contributed by atoms with Crippen molar-refractivity contribution in [1.29, 1.82) is 0 Å². The average Bonchev–Trinajstić information content (AvgIpc) is 2.54. The Labute approximate surface area is 136 Å². The first kappa shape index (κ1) is 16.6. The zero-order valence-corrected chi connectivity index (χ0v) is 12.8. The molecule has 0 aliphatic carbocycles. The third kappa shape index (κ3) is 3.92. The highest BCUT2D eigenvalue weighted by atomic mass is 35.5. The lowest BCUT2D eigenvalue weighted by Crippen LogP contribution is -2.24. The van der Waals surface area contributed by atoms with Gasteiger partial charge in [-0.3, -0.25) is 14.9 Å². The average molecular weight is 334 g/mol. The number of ether oxygens (including phenoxy) is 1. The Kier molecular flexibility index (Phi) is 5.08. The third-order valence-corrected chi connectivity index (χ3v) is 3.41. The number of hydrogen-bond donors (Lipinski definition) is 0. The van der Waals surface area contributed by atoms with Crippen LogP contribution in [0.3, 0.4) is 0 Å². The van der Waals surface area contributed by atoms with Gasteiger partial charge in [-0.15, -0.1) is 0 Å². The van der Waals surface area contributed by atoms with E-state index in [1.807, 2.05) is 0 Å². The molecule has 0 amide bonds. The molecule has 0 saturated carbocycles. The van der Waals surface area contributed by atoms with E-state index in [1.165, 1.54) is 13.0 Å². The van der Waals surface area contributed by atoms with Crippen LogP contribution in [0.15, 0.2) is 48.5 Å². The standard InChI is InChI=1S/C16H12ClNO5/c1-10(15(19)11-5-3-2-4-6-11)23-16(20)13-8-7-12(18(21)22)9-14(13)17/h2-10H,1H3/t10-/m1/s1. The normalized spacial score (nSPS) is 11.6. The molecule has 0 saturated heterocycles. The Morgan fingerprint density at radius 2 is 1.83 bits per heavy atom. The molecule has 118 valence electrons. The quantitative estimate of drug-likeness (QED) is 0.360. The van der Waals surface area contributed by atoms with Gasteiger partial charge in [-0.2, -0.15) is 0 Å². The second-order valence-corrected chi connectivity index (χ2v) is 5.11. The highest BCUT2D eigenvalue weighted by molar-refractivity contribution is 6.33. The number of benzene rings is 2. The van der Waals surface area contributed by atoms with Gasteiger partial charge in [0, 0.05) is 17.7 Å². The molecule has 0 spiro atoms. The molecule has 0 heterocycles. The number of halogens is 1. The van der Waals surface area contributed by atoms with Crippen molar-refractivity contribution in [1.82, 2.24) is 0 Å². The number of esters is 1. The van der Waals surface area contributed by atoms with Gasteiger partial charge in [0.25, 0.3) is 5.69 Å². The lowest BCUT2D eigenvalue weighted by Gasteiger charge is -2.13. The minimum Gasteiger partial charge on any atom is -0.451 e. The summed E-state index contributed by atoms with van der Waals surface area (Å²) in [4.78, 5) is 34.2. The fourth-order valence-corrected chi connectivity index (χ4v) is 2.15. The molecule has 0 radical (unpaired) electrons. The molecule has 2 rings (SSSR count). The Balaban J connectivity index is 2.13. The molecular weight excluding hydrogens is 322 g/mol. The predicted molar refractivity (Wildman–Crippen MR) is 83.8 cm³/mol. The number of non-ortho nitro benzene ring substituents is 1. The molecule has 6 nitrogen and oxygen atoms in total. The van der Waals surface area contributed by atoms with Crippen molar-refractivity contribution in [2.45, 2.75) is 13.0 Å². The molecule has 0 N–H and O–H groups in total. The number of ketones is 1. The summed E-state index contributed by atoms with van der Waals surface area (Å²) < 4.78 is 5.09. The van der Waals surface area contributed by atoms with E-state index >= 15 is 0 Å². The second-order valence-electron chi connectivity index (χ2n) is 4.70. The summed E-state index contributed by atoms with van der Waals surface area (Å²) in [6, 6.07) is 11.8. The minimum absolute atomic E-state index is 0.0371. The summed E-state index contributed by atoms with van der Waals surface area (Å²) in [5.41, 5.74) is 0.146. The molecule has 2 aromatic rings. The van der Waals surface area contributed by atoms with E-state index in [-0.39, 0.29) is 22.1 Å². The molecule has 7 heteroatoms. The monoisotopic (exact) mass is 333 g/mol. The van der Waals surface area contributed by atoms with E-state index < -0.39 is 17.0 Å². The maximum absolute atomic E-state index is 12.1. The zero-order chi connectivity index (χ0) is 17.0. The van der Waals surface area contributed by atoms with E-state index in [0.29, 0.717) is 5.56 Å². The number of nitro benzene ring substituents is 1. The number of nitro groups is 1. The highest BCUT2D eigenvalue weighted by Gasteiger charge is 2.22. The largest absolute Gasteiger partial charge is 0.451 e.